The molecule has 0 spiro atoms. The monoisotopic (exact) mass is 215 g/mol. The van der Waals surface area contributed by atoms with Crippen LogP contribution in [0.5, 0.6) is 0 Å². The fourth-order valence-corrected chi connectivity index (χ4v) is 3.88. The quantitative estimate of drug-likeness (QED) is 0.685. The molecule has 1 nitrogen and oxygen atoms in total. The van der Waals surface area contributed by atoms with E-state index in [4.69, 9.17) is 0 Å². The van der Waals surface area contributed by atoms with Gasteiger partial charge in [0.1, 0.15) is 0 Å². The third-order valence-electron chi connectivity index (χ3n) is 2.86. The molecular formula is C12H18BNSi. The maximum atomic E-state index is 2.63. The molecule has 0 aromatic heterocycles. The fraction of sp³-hybridized carbons (Fsp3) is 0.417. The standard InChI is InChI=1S/C12H18BNSi/c1-15(2,3)14-10-9-13-12(14)11-7-5-4-6-8-11/h4-8H,9-10H2,1-3H3. The summed E-state index contributed by atoms with van der Waals surface area (Å²) in [6.07, 6.45) is 1.20. The van der Waals surface area contributed by atoms with E-state index in [9.17, 15) is 0 Å². The van der Waals surface area contributed by atoms with Gasteiger partial charge in [0.25, 0.3) is 0 Å². The molecule has 0 radical (unpaired) electrons. The van der Waals surface area contributed by atoms with Gasteiger partial charge in [-0.2, -0.15) is 0 Å². The van der Waals surface area contributed by atoms with Gasteiger partial charge in [-0.15, -0.1) is 0 Å². The third kappa shape index (κ3) is 2.23. The number of benzene rings is 1. The number of rotatable bonds is 2. The predicted molar refractivity (Wildman–Crippen MR) is 71.2 cm³/mol. The molecule has 0 atom stereocenters. The van der Waals surface area contributed by atoms with Gasteiger partial charge in [-0.1, -0.05) is 0 Å². The van der Waals surface area contributed by atoms with E-state index in [0.717, 1.165) is 0 Å². The van der Waals surface area contributed by atoms with Crippen molar-refractivity contribution in [3.63, 3.8) is 0 Å². The first-order valence-electron chi connectivity index (χ1n) is 5.62. The topological polar surface area (TPSA) is 3.24 Å². The van der Waals surface area contributed by atoms with Gasteiger partial charge in [0, 0.05) is 0 Å². The fourth-order valence-electron chi connectivity index (χ4n) is 2.14. The molecule has 0 unspecified atom stereocenters. The molecule has 0 aliphatic carbocycles. The van der Waals surface area contributed by atoms with Crippen molar-refractivity contribution in [3.05, 3.63) is 35.9 Å². The van der Waals surface area contributed by atoms with Crippen LogP contribution in [0.1, 0.15) is 5.56 Å². The summed E-state index contributed by atoms with van der Waals surface area (Å²) in [5, 5.41) is 0. The summed E-state index contributed by atoms with van der Waals surface area (Å²) in [5.74, 6) is 0. The van der Waals surface area contributed by atoms with Crippen LogP contribution in [0.3, 0.4) is 0 Å². The van der Waals surface area contributed by atoms with Crippen molar-refractivity contribution in [2.75, 3.05) is 6.54 Å². The van der Waals surface area contributed by atoms with Gasteiger partial charge >= 0.3 is 93.7 Å². The van der Waals surface area contributed by atoms with Crippen molar-refractivity contribution in [3.8, 4) is 0 Å². The Labute approximate surface area is 94.1 Å². The van der Waals surface area contributed by atoms with Gasteiger partial charge in [-0.25, -0.2) is 0 Å². The minimum atomic E-state index is -1.20. The first-order chi connectivity index (χ1) is 7.09. The molecule has 1 aromatic carbocycles. The number of nitrogens with zero attached hydrogens (tertiary/aromatic N) is 1. The molecule has 0 amide bonds. The average Bonchev–Trinajstić information content (AvgIpc) is 2.67. The molecule has 1 aliphatic rings. The Hall–Kier alpha value is -0.828. The second kappa shape index (κ2) is 3.97. The molecule has 0 saturated heterocycles. The summed E-state index contributed by atoms with van der Waals surface area (Å²) in [4.78, 5) is 0. The molecule has 78 valence electrons. The summed E-state index contributed by atoms with van der Waals surface area (Å²) in [6.45, 7) is 10.8. The summed E-state index contributed by atoms with van der Waals surface area (Å²) in [7, 11) is -1.20. The van der Waals surface area contributed by atoms with Gasteiger partial charge in [-0.3, -0.25) is 0 Å². The van der Waals surface area contributed by atoms with E-state index in [1.807, 2.05) is 0 Å². The van der Waals surface area contributed by atoms with Crippen LogP contribution in [0.4, 0.5) is 0 Å². The van der Waals surface area contributed by atoms with E-state index in [-0.39, 0.29) is 0 Å². The summed E-state index contributed by atoms with van der Waals surface area (Å²) < 4.78 is 2.63. The van der Waals surface area contributed by atoms with Crippen LogP contribution >= 0.6 is 0 Å². The Kier molecular flexibility index (Phi) is 2.83. The van der Waals surface area contributed by atoms with Crippen LogP contribution in [-0.4, -0.2) is 31.9 Å². The van der Waals surface area contributed by atoms with Crippen LogP contribution < -0.4 is 0 Å². The minimum absolute atomic E-state index is 1.20. The third-order valence-corrected chi connectivity index (χ3v) is 4.94. The number of hydrogen-bond acceptors (Lipinski definition) is 1. The number of hydrogen-bond donors (Lipinski definition) is 0. The molecule has 2 rings (SSSR count). The Bertz CT molecular complexity index is 367. The molecule has 0 N–H and O–H groups in total. The van der Waals surface area contributed by atoms with Crippen LogP contribution in [0, 0.1) is 0 Å². The van der Waals surface area contributed by atoms with E-state index < -0.39 is 8.24 Å². The zero-order chi connectivity index (χ0) is 10.9. The van der Waals surface area contributed by atoms with Crippen LogP contribution in [0.15, 0.2) is 30.3 Å². The normalized spacial score (nSPS) is 16.2. The van der Waals surface area contributed by atoms with E-state index in [1.165, 1.54) is 24.0 Å². The van der Waals surface area contributed by atoms with Gasteiger partial charge < -0.3 is 0 Å². The van der Waals surface area contributed by atoms with Crippen LogP contribution in [0.2, 0.25) is 26.0 Å². The van der Waals surface area contributed by atoms with Crippen LogP contribution in [0.25, 0.3) is 0 Å². The predicted octanol–water partition coefficient (Wildman–Crippen LogP) is 2.44. The molecule has 3 heteroatoms. The Morgan fingerprint density at radius 2 is 1.80 bits per heavy atom. The maximum absolute atomic E-state index is 2.63. The first-order valence-corrected chi connectivity index (χ1v) is 9.07. The van der Waals surface area contributed by atoms with E-state index in [2.05, 4.69) is 61.5 Å². The molecule has 0 fully saturated rings. The van der Waals surface area contributed by atoms with Crippen molar-refractivity contribution >= 4 is 20.7 Å². The zero-order valence-corrected chi connectivity index (χ0v) is 10.8. The van der Waals surface area contributed by atoms with Crippen molar-refractivity contribution in [1.82, 2.24) is 4.57 Å². The van der Waals surface area contributed by atoms with Gasteiger partial charge in [-0.05, 0) is 0 Å². The van der Waals surface area contributed by atoms with Gasteiger partial charge in [0.15, 0.2) is 0 Å². The first kappa shape index (κ1) is 10.7. The molecule has 1 heterocycles. The Morgan fingerprint density at radius 1 is 1.13 bits per heavy atom. The van der Waals surface area contributed by atoms with Gasteiger partial charge in [0.2, 0.25) is 0 Å². The second-order valence-electron chi connectivity index (χ2n) is 5.07. The molecule has 15 heavy (non-hydrogen) atoms. The van der Waals surface area contributed by atoms with Crippen molar-refractivity contribution in [2.45, 2.75) is 26.0 Å². The zero-order valence-electron chi connectivity index (χ0n) is 9.83. The molecular weight excluding hydrogens is 197 g/mol. The molecule has 0 saturated carbocycles. The van der Waals surface area contributed by atoms with Gasteiger partial charge in [0.05, 0.1) is 0 Å². The average molecular weight is 215 g/mol. The molecule has 0 bridgehead atoms. The Morgan fingerprint density at radius 3 is 2.40 bits per heavy atom. The van der Waals surface area contributed by atoms with Crippen molar-refractivity contribution < 1.29 is 0 Å². The van der Waals surface area contributed by atoms with E-state index >= 15 is 0 Å². The molecule has 1 aromatic rings. The SMILES string of the molecule is C[Si](C)(C)N1CCB=C1c1ccccc1. The van der Waals surface area contributed by atoms with E-state index in [0.29, 0.717) is 0 Å². The van der Waals surface area contributed by atoms with Crippen LogP contribution in [-0.2, 0) is 0 Å². The summed E-state index contributed by atoms with van der Waals surface area (Å²) >= 11 is 0. The van der Waals surface area contributed by atoms with Crippen molar-refractivity contribution in [1.29, 1.82) is 0 Å². The second-order valence-corrected chi connectivity index (χ2v) is 9.95. The summed E-state index contributed by atoms with van der Waals surface area (Å²) in [5.41, 5.74) is 2.83. The Balaban J connectivity index is 2.30. The van der Waals surface area contributed by atoms with Crippen molar-refractivity contribution in [2.24, 2.45) is 0 Å². The van der Waals surface area contributed by atoms with E-state index in [1.54, 1.807) is 0 Å². The molecule has 1 aliphatic heterocycles. The summed E-state index contributed by atoms with van der Waals surface area (Å²) in [6, 6.07) is 10.8.